The van der Waals surface area contributed by atoms with Crippen molar-refractivity contribution in [1.29, 1.82) is 0 Å². The van der Waals surface area contributed by atoms with Crippen LogP contribution in [0.25, 0.3) is 0 Å². The average Bonchev–Trinajstić information content (AvgIpc) is 2.64. The third kappa shape index (κ3) is 2.19. The number of carbonyl (C=O) groups excluding carboxylic acids is 1. The Kier molecular flexibility index (Phi) is 3.42. The lowest BCUT2D eigenvalue weighted by molar-refractivity contribution is 0.137. The number of ether oxygens (including phenoxy) is 1. The summed E-state index contributed by atoms with van der Waals surface area (Å²) in [6.07, 6.45) is 5.77. The Labute approximate surface area is 110 Å². The molecular formula is C11H11BINO2. The van der Waals surface area contributed by atoms with E-state index in [-0.39, 0.29) is 18.2 Å². The lowest BCUT2D eigenvalue weighted by Gasteiger charge is -2.23. The van der Waals surface area contributed by atoms with Crippen LogP contribution in [0.1, 0.15) is 0 Å². The smallest absolute Gasteiger partial charge is 0.410 e. The van der Waals surface area contributed by atoms with E-state index in [1.807, 2.05) is 18.2 Å². The molecule has 0 bridgehead atoms. The molecule has 3 nitrogen and oxygen atoms in total. The Morgan fingerprint density at radius 3 is 3.00 bits per heavy atom. The Bertz CT molecular complexity index is 391. The lowest BCUT2D eigenvalue weighted by atomic mass is 9.99. The molecule has 1 fully saturated rings. The number of hydrogen-bond acceptors (Lipinski definition) is 2. The number of hydrogen-bond donors (Lipinski definition) is 0. The number of allylic oxidation sites excluding steroid dienone is 3. The van der Waals surface area contributed by atoms with Crippen molar-refractivity contribution in [2.75, 3.05) is 6.54 Å². The highest BCUT2D eigenvalue weighted by atomic mass is 127. The van der Waals surface area contributed by atoms with Crippen molar-refractivity contribution in [2.45, 2.75) is 18.5 Å². The van der Waals surface area contributed by atoms with E-state index in [1.165, 1.54) is 0 Å². The van der Waals surface area contributed by atoms with Gasteiger partial charge in [-0.25, -0.2) is 4.79 Å². The van der Waals surface area contributed by atoms with Crippen LogP contribution in [0.2, 0.25) is 6.32 Å². The third-order valence-corrected chi connectivity index (χ3v) is 3.70. The van der Waals surface area contributed by atoms with Gasteiger partial charge >= 0.3 is 6.09 Å². The number of amides is 1. The summed E-state index contributed by atoms with van der Waals surface area (Å²) in [5.74, 6) is 0. The van der Waals surface area contributed by atoms with E-state index >= 15 is 0 Å². The van der Waals surface area contributed by atoms with Gasteiger partial charge in [0.1, 0.15) is 6.10 Å². The van der Waals surface area contributed by atoms with Gasteiger partial charge in [0.2, 0.25) is 0 Å². The first kappa shape index (κ1) is 11.8. The summed E-state index contributed by atoms with van der Waals surface area (Å²) in [6, 6.07) is -0.0403. The quantitative estimate of drug-likeness (QED) is 0.575. The van der Waals surface area contributed by atoms with E-state index in [0.29, 0.717) is 12.9 Å². The van der Waals surface area contributed by atoms with Crippen molar-refractivity contribution in [2.24, 2.45) is 0 Å². The first-order valence-corrected chi connectivity index (χ1v) is 6.12. The second-order valence-electron chi connectivity index (χ2n) is 3.78. The van der Waals surface area contributed by atoms with Gasteiger partial charge in [-0.1, -0.05) is 25.1 Å². The molecule has 16 heavy (non-hydrogen) atoms. The van der Waals surface area contributed by atoms with E-state index < -0.39 is 0 Å². The van der Waals surface area contributed by atoms with Crippen LogP contribution >= 0.6 is 22.6 Å². The van der Waals surface area contributed by atoms with Crippen LogP contribution in [0.15, 0.2) is 34.0 Å². The molecule has 5 heteroatoms. The zero-order valence-corrected chi connectivity index (χ0v) is 10.9. The minimum atomic E-state index is -0.293. The van der Waals surface area contributed by atoms with Crippen molar-refractivity contribution >= 4 is 36.5 Å². The summed E-state index contributed by atoms with van der Waals surface area (Å²) < 4.78 is 6.18. The monoisotopic (exact) mass is 327 g/mol. The van der Waals surface area contributed by atoms with E-state index in [1.54, 1.807) is 4.90 Å². The molecular weight excluding hydrogens is 316 g/mol. The first-order valence-electron chi connectivity index (χ1n) is 5.04. The molecule has 2 atom stereocenters. The van der Waals surface area contributed by atoms with E-state index in [2.05, 4.69) is 29.2 Å². The number of halogens is 1. The van der Waals surface area contributed by atoms with Crippen molar-refractivity contribution in [3.63, 3.8) is 0 Å². The maximum atomic E-state index is 11.6. The first-order chi connectivity index (χ1) is 7.61. The fraction of sp³-hybridized carbons (Fsp3) is 0.364. The molecule has 0 saturated carbocycles. The van der Waals surface area contributed by atoms with Crippen LogP contribution < -0.4 is 0 Å². The highest BCUT2D eigenvalue weighted by Gasteiger charge is 2.33. The molecule has 2 radical (unpaired) electrons. The van der Waals surface area contributed by atoms with Crippen molar-refractivity contribution in [1.82, 2.24) is 4.90 Å². The Morgan fingerprint density at radius 2 is 2.44 bits per heavy atom. The molecule has 1 heterocycles. The van der Waals surface area contributed by atoms with Gasteiger partial charge in [0.25, 0.3) is 0 Å². The molecule has 2 aliphatic rings. The van der Waals surface area contributed by atoms with Gasteiger partial charge in [0, 0.05) is 3.58 Å². The highest BCUT2D eigenvalue weighted by Crippen LogP contribution is 2.27. The van der Waals surface area contributed by atoms with Gasteiger partial charge in [0.05, 0.1) is 20.4 Å². The summed E-state index contributed by atoms with van der Waals surface area (Å²) in [6.45, 7) is 4.44. The average molecular weight is 327 g/mol. The van der Waals surface area contributed by atoms with E-state index in [0.717, 1.165) is 9.15 Å². The molecule has 0 aromatic carbocycles. The van der Waals surface area contributed by atoms with Crippen LogP contribution in [0.5, 0.6) is 0 Å². The van der Waals surface area contributed by atoms with Crippen LogP contribution in [0.4, 0.5) is 4.79 Å². The van der Waals surface area contributed by atoms with Gasteiger partial charge in [-0.3, -0.25) is 4.90 Å². The third-order valence-electron chi connectivity index (χ3n) is 2.64. The van der Waals surface area contributed by atoms with Gasteiger partial charge in [-0.15, -0.1) is 0 Å². The molecule has 82 valence electrons. The second-order valence-corrected chi connectivity index (χ2v) is 4.95. The van der Waals surface area contributed by atoms with E-state index in [9.17, 15) is 4.79 Å². The number of cyclic esters (lactones) is 1. The van der Waals surface area contributed by atoms with Crippen molar-refractivity contribution < 1.29 is 9.53 Å². The zero-order chi connectivity index (χ0) is 11.7. The SMILES string of the molecule is [B]C[C@H]1CN(C2C=CC(=C)C(I)=C2)C(=O)O1. The zero-order valence-electron chi connectivity index (χ0n) is 8.73. The van der Waals surface area contributed by atoms with Crippen LogP contribution in [-0.4, -0.2) is 37.5 Å². The molecule has 0 aromatic heterocycles. The van der Waals surface area contributed by atoms with E-state index in [4.69, 9.17) is 12.6 Å². The number of nitrogens with zero attached hydrogens (tertiary/aromatic N) is 1. The maximum Gasteiger partial charge on any atom is 0.410 e. The summed E-state index contributed by atoms with van der Waals surface area (Å²) in [5.41, 5.74) is 0.972. The van der Waals surface area contributed by atoms with Crippen LogP contribution in [-0.2, 0) is 4.74 Å². The Morgan fingerprint density at radius 1 is 1.69 bits per heavy atom. The summed E-state index contributed by atoms with van der Waals surface area (Å²) in [7, 11) is 5.48. The Balaban J connectivity index is 2.12. The summed E-state index contributed by atoms with van der Waals surface area (Å²) in [4.78, 5) is 13.3. The van der Waals surface area contributed by atoms with Crippen molar-refractivity contribution in [3.8, 4) is 0 Å². The fourth-order valence-corrected chi connectivity index (χ4v) is 2.26. The normalized spacial score (nSPS) is 29.3. The predicted octanol–water partition coefficient (Wildman–Crippen LogP) is 2.21. The molecule has 1 saturated heterocycles. The highest BCUT2D eigenvalue weighted by molar-refractivity contribution is 14.1. The number of carbonyl (C=O) groups is 1. The van der Waals surface area contributed by atoms with Gasteiger partial charge < -0.3 is 4.74 Å². The van der Waals surface area contributed by atoms with Gasteiger partial charge in [-0.2, -0.15) is 0 Å². The molecule has 0 spiro atoms. The second kappa shape index (κ2) is 4.65. The summed E-state index contributed by atoms with van der Waals surface area (Å²) in [5, 5.41) is 0. The fourth-order valence-electron chi connectivity index (χ4n) is 1.71. The van der Waals surface area contributed by atoms with Crippen LogP contribution in [0.3, 0.4) is 0 Å². The largest absolute Gasteiger partial charge is 0.445 e. The Hall–Kier alpha value is -0.715. The lowest BCUT2D eigenvalue weighted by Crippen LogP contribution is -2.34. The minimum absolute atomic E-state index is 0.0403. The van der Waals surface area contributed by atoms with Gasteiger partial charge in [-0.05, 0) is 34.2 Å². The molecule has 1 aliphatic carbocycles. The predicted molar refractivity (Wildman–Crippen MR) is 71.7 cm³/mol. The molecule has 1 amide bonds. The number of rotatable bonds is 2. The van der Waals surface area contributed by atoms with Crippen molar-refractivity contribution in [3.05, 3.63) is 34.0 Å². The molecule has 0 aromatic rings. The van der Waals surface area contributed by atoms with Crippen LogP contribution in [0, 0.1) is 0 Å². The minimum Gasteiger partial charge on any atom is -0.445 e. The molecule has 1 aliphatic heterocycles. The molecule has 2 rings (SSSR count). The van der Waals surface area contributed by atoms with Gasteiger partial charge in [0.15, 0.2) is 0 Å². The summed E-state index contributed by atoms with van der Waals surface area (Å²) >= 11 is 2.21. The maximum absolute atomic E-state index is 11.6. The molecule has 0 N–H and O–H groups in total. The molecule has 1 unspecified atom stereocenters. The topological polar surface area (TPSA) is 29.5 Å². The standard InChI is InChI=1S/C11H11BINO2/c1-7-2-3-8(4-10(7)13)14-6-9(5-12)16-11(14)15/h2-4,8-9H,1,5-6H2/t8?,9-/m0/s1.